The Morgan fingerprint density at radius 2 is 1.89 bits per heavy atom. The quantitative estimate of drug-likeness (QED) is 0.530. The molecule has 0 saturated carbocycles. The van der Waals surface area contributed by atoms with Gasteiger partial charge < -0.3 is 14.4 Å². The maximum atomic E-state index is 12.3. The Kier molecular flexibility index (Phi) is 7.24. The first-order valence-electron chi connectivity index (χ1n) is 8.91. The van der Waals surface area contributed by atoms with Crippen LogP contribution in [0.4, 0.5) is 13.2 Å². The molecule has 1 heterocycles. The predicted octanol–water partition coefficient (Wildman–Crippen LogP) is 3.36. The molecule has 0 amide bonds. The standard InChI is InChI=1S/C19H24F3NO4/c1-3-26-18(25)12-17(24)14-8-9-23(2)15(11-14)10-13-4-6-16(7-5-13)27-19(20,21)22/h4-7,14-15H,3,8-12H2,1-2H3/t14-,15+/m0/s1. The van der Waals surface area contributed by atoms with Gasteiger partial charge in [-0.1, -0.05) is 12.1 Å². The summed E-state index contributed by atoms with van der Waals surface area (Å²) in [6.07, 6.45) is -3.03. The SMILES string of the molecule is CCOC(=O)CC(=O)[C@H]1CCN(C)[C@H](Cc2ccc(OC(F)(F)F)cc2)C1. The number of halogens is 3. The van der Waals surface area contributed by atoms with Crippen LogP contribution in [0.25, 0.3) is 0 Å². The lowest BCUT2D eigenvalue weighted by Crippen LogP contribution is -2.43. The van der Waals surface area contributed by atoms with E-state index < -0.39 is 12.3 Å². The Balaban J connectivity index is 1.94. The van der Waals surface area contributed by atoms with E-state index in [1.165, 1.54) is 12.1 Å². The maximum Gasteiger partial charge on any atom is 0.573 e. The van der Waals surface area contributed by atoms with E-state index in [-0.39, 0.29) is 36.5 Å². The highest BCUT2D eigenvalue weighted by Crippen LogP contribution is 2.27. The van der Waals surface area contributed by atoms with Gasteiger partial charge in [-0.05, 0) is 57.5 Å². The Morgan fingerprint density at radius 1 is 1.22 bits per heavy atom. The van der Waals surface area contributed by atoms with E-state index >= 15 is 0 Å². The summed E-state index contributed by atoms with van der Waals surface area (Å²) in [7, 11) is 1.96. The lowest BCUT2D eigenvalue weighted by atomic mass is 9.84. The molecule has 0 spiro atoms. The highest BCUT2D eigenvalue weighted by Gasteiger charge is 2.32. The van der Waals surface area contributed by atoms with Crippen molar-refractivity contribution in [1.29, 1.82) is 0 Å². The fourth-order valence-corrected chi connectivity index (χ4v) is 3.30. The van der Waals surface area contributed by atoms with Crippen molar-refractivity contribution in [3.63, 3.8) is 0 Å². The molecule has 8 heteroatoms. The maximum absolute atomic E-state index is 12.3. The number of likely N-dealkylation sites (tertiary alicyclic amines) is 1. The number of piperidine rings is 1. The Hall–Kier alpha value is -2.09. The van der Waals surface area contributed by atoms with Crippen LogP contribution in [0.3, 0.4) is 0 Å². The number of alkyl halides is 3. The molecule has 1 aliphatic heterocycles. The summed E-state index contributed by atoms with van der Waals surface area (Å²) >= 11 is 0. The molecule has 150 valence electrons. The summed E-state index contributed by atoms with van der Waals surface area (Å²) in [6, 6.07) is 5.84. The van der Waals surface area contributed by atoms with Crippen molar-refractivity contribution < 1.29 is 32.2 Å². The smallest absolute Gasteiger partial charge is 0.466 e. The molecule has 0 radical (unpaired) electrons. The molecule has 1 aromatic rings. The van der Waals surface area contributed by atoms with Gasteiger partial charge in [0.25, 0.3) is 0 Å². The van der Waals surface area contributed by atoms with Gasteiger partial charge in [0, 0.05) is 12.0 Å². The van der Waals surface area contributed by atoms with Crippen LogP contribution in [-0.2, 0) is 20.7 Å². The van der Waals surface area contributed by atoms with E-state index in [2.05, 4.69) is 9.64 Å². The molecular formula is C19H24F3NO4. The lowest BCUT2D eigenvalue weighted by Gasteiger charge is -2.36. The lowest BCUT2D eigenvalue weighted by molar-refractivity contribution is -0.274. The van der Waals surface area contributed by atoms with E-state index in [9.17, 15) is 22.8 Å². The van der Waals surface area contributed by atoms with Crippen LogP contribution in [-0.4, -0.2) is 49.3 Å². The molecule has 0 bridgehead atoms. The van der Waals surface area contributed by atoms with Gasteiger partial charge in [-0.15, -0.1) is 13.2 Å². The molecule has 2 atom stereocenters. The van der Waals surface area contributed by atoms with Crippen molar-refractivity contribution in [1.82, 2.24) is 4.90 Å². The van der Waals surface area contributed by atoms with Gasteiger partial charge in [0.1, 0.15) is 18.0 Å². The molecule has 27 heavy (non-hydrogen) atoms. The second-order valence-electron chi connectivity index (χ2n) is 6.70. The second kappa shape index (κ2) is 9.21. The Labute approximate surface area is 156 Å². The third-order valence-electron chi connectivity index (χ3n) is 4.72. The van der Waals surface area contributed by atoms with Gasteiger partial charge >= 0.3 is 12.3 Å². The normalized spacial score (nSPS) is 20.9. The van der Waals surface area contributed by atoms with Crippen molar-refractivity contribution in [2.75, 3.05) is 20.2 Å². The van der Waals surface area contributed by atoms with Crippen LogP contribution < -0.4 is 4.74 Å². The number of Topliss-reactive ketones (excluding diaryl/α,β-unsaturated/α-hetero) is 1. The number of carbonyl (C=O) groups is 2. The molecular weight excluding hydrogens is 363 g/mol. The second-order valence-corrected chi connectivity index (χ2v) is 6.70. The van der Waals surface area contributed by atoms with Gasteiger partial charge in [0.2, 0.25) is 0 Å². The molecule has 2 rings (SSSR count). The summed E-state index contributed by atoms with van der Waals surface area (Å²) in [5.41, 5.74) is 0.861. The number of rotatable bonds is 7. The van der Waals surface area contributed by atoms with Crippen molar-refractivity contribution >= 4 is 11.8 Å². The van der Waals surface area contributed by atoms with Gasteiger partial charge in [-0.25, -0.2) is 0 Å². The zero-order valence-electron chi connectivity index (χ0n) is 15.4. The number of likely N-dealkylation sites (N-methyl/N-ethyl adjacent to an activating group) is 1. The van der Waals surface area contributed by atoms with Crippen LogP contribution in [0, 0.1) is 5.92 Å². The van der Waals surface area contributed by atoms with Crippen molar-refractivity contribution in [3.8, 4) is 5.75 Å². The zero-order chi connectivity index (χ0) is 20.0. The molecule has 0 unspecified atom stereocenters. The van der Waals surface area contributed by atoms with Gasteiger partial charge in [0.15, 0.2) is 0 Å². The summed E-state index contributed by atoms with van der Waals surface area (Å²) in [6.45, 7) is 2.66. The van der Waals surface area contributed by atoms with Gasteiger partial charge in [0.05, 0.1) is 6.61 Å². The number of benzene rings is 1. The van der Waals surface area contributed by atoms with Crippen molar-refractivity contribution in [2.24, 2.45) is 5.92 Å². The highest BCUT2D eigenvalue weighted by molar-refractivity contribution is 5.96. The fraction of sp³-hybridized carbons (Fsp3) is 0.579. The van der Waals surface area contributed by atoms with Gasteiger partial charge in [-0.3, -0.25) is 9.59 Å². The summed E-state index contributed by atoms with van der Waals surface area (Å²) < 4.78 is 45.4. The minimum atomic E-state index is -4.71. The number of nitrogens with zero attached hydrogens (tertiary/aromatic N) is 1. The number of carbonyl (C=O) groups excluding carboxylic acids is 2. The fourth-order valence-electron chi connectivity index (χ4n) is 3.30. The van der Waals surface area contributed by atoms with E-state index in [4.69, 9.17) is 4.74 Å². The van der Waals surface area contributed by atoms with Crippen LogP contribution in [0.2, 0.25) is 0 Å². The molecule has 0 N–H and O–H groups in total. The molecule has 1 saturated heterocycles. The molecule has 5 nitrogen and oxygen atoms in total. The number of ether oxygens (including phenoxy) is 2. The first-order valence-corrected chi connectivity index (χ1v) is 8.91. The van der Waals surface area contributed by atoms with Crippen LogP contribution in [0.15, 0.2) is 24.3 Å². The monoisotopic (exact) mass is 387 g/mol. The van der Waals surface area contributed by atoms with E-state index in [1.54, 1.807) is 19.1 Å². The topological polar surface area (TPSA) is 55.8 Å². The van der Waals surface area contributed by atoms with Gasteiger partial charge in [-0.2, -0.15) is 0 Å². The number of hydrogen-bond acceptors (Lipinski definition) is 5. The largest absolute Gasteiger partial charge is 0.573 e. The Morgan fingerprint density at radius 3 is 2.48 bits per heavy atom. The van der Waals surface area contributed by atoms with E-state index in [1.807, 2.05) is 7.05 Å². The summed E-state index contributed by atoms with van der Waals surface area (Å²) in [5, 5.41) is 0. The number of ketones is 1. The number of hydrogen-bond donors (Lipinski definition) is 0. The summed E-state index contributed by atoms with van der Waals surface area (Å²) in [5.74, 6) is -1.08. The van der Waals surface area contributed by atoms with E-state index in [0.29, 0.717) is 19.3 Å². The molecule has 0 aromatic heterocycles. The predicted molar refractivity (Wildman–Crippen MR) is 92.2 cm³/mol. The molecule has 0 aliphatic carbocycles. The zero-order valence-corrected chi connectivity index (χ0v) is 15.4. The van der Waals surface area contributed by atoms with Crippen molar-refractivity contribution in [3.05, 3.63) is 29.8 Å². The van der Waals surface area contributed by atoms with E-state index in [0.717, 1.165) is 12.1 Å². The third-order valence-corrected chi connectivity index (χ3v) is 4.72. The molecule has 1 aromatic carbocycles. The molecule has 1 fully saturated rings. The minimum Gasteiger partial charge on any atom is -0.466 e. The van der Waals surface area contributed by atoms with Crippen molar-refractivity contribution in [2.45, 2.75) is 45.0 Å². The summed E-state index contributed by atoms with van der Waals surface area (Å²) in [4.78, 5) is 26.0. The average molecular weight is 387 g/mol. The minimum absolute atomic E-state index is 0.0734. The molecule has 1 aliphatic rings. The highest BCUT2D eigenvalue weighted by atomic mass is 19.4. The third kappa shape index (κ3) is 6.86. The number of esters is 1. The van der Waals surface area contributed by atoms with Crippen LogP contribution in [0.1, 0.15) is 31.7 Å². The van der Waals surface area contributed by atoms with Crippen LogP contribution >= 0.6 is 0 Å². The first-order chi connectivity index (χ1) is 12.7. The average Bonchev–Trinajstić information content (AvgIpc) is 2.57. The van der Waals surface area contributed by atoms with Crippen LogP contribution in [0.5, 0.6) is 5.75 Å². The first kappa shape index (κ1) is 21.2. The Bertz CT molecular complexity index is 645.